The molecule has 1 atom stereocenters. The molecule has 1 aliphatic carbocycles. The van der Waals surface area contributed by atoms with Gasteiger partial charge in [0.25, 0.3) is 0 Å². The topological polar surface area (TPSA) is 67.7 Å². The van der Waals surface area contributed by atoms with Crippen LogP contribution in [0.3, 0.4) is 0 Å². The first kappa shape index (κ1) is 21.9. The van der Waals surface area contributed by atoms with E-state index in [0.717, 1.165) is 44.1 Å². The molecule has 0 saturated heterocycles. The molecule has 0 bridgehead atoms. The van der Waals surface area contributed by atoms with Crippen LogP contribution in [0.5, 0.6) is 0 Å². The maximum absolute atomic E-state index is 5.00. The van der Waals surface area contributed by atoms with Gasteiger partial charge in [-0.3, -0.25) is 4.68 Å². The lowest BCUT2D eigenvalue weighted by atomic mass is 10.0. The maximum Gasteiger partial charge on any atom is 0.134 e. The molecule has 1 saturated carbocycles. The van der Waals surface area contributed by atoms with Crippen LogP contribution in [-0.2, 0) is 19.4 Å². The van der Waals surface area contributed by atoms with Crippen molar-refractivity contribution in [2.45, 2.75) is 64.0 Å². The van der Waals surface area contributed by atoms with E-state index in [1.54, 1.807) is 0 Å². The molecule has 6 nitrogen and oxygen atoms in total. The number of halogens is 2. The quantitative estimate of drug-likeness (QED) is 0.787. The summed E-state index contributed by atoms with van der Waals surface area (Å²) in [5.41, 5.74) is 2.55. The molecule has 8 heteroatoms. The van der Waals surface area contributed by atoms with E-state index < -0.39 is 0 Å². The second-order valence-electron chi connectivity index (χ2n) is 7.36. The van der Waals surface area contributed by atoms with Gasteiger partial charge in [0.1, 0.15) is 11.6 Å². The van der Waals surface area contributed by atoms with Crippen molar-refractivity contribution in [1.82, 2.24) is 25.1 Å². The molecule has 1 aliphatic heterocycles. The predicted molar refractivity (Wildman–Crippen MR) is 113 cm³/mol. The van der Waals surface area contributed by atoms with Crippen LogP contribution in [0, 0.1) is 0 Å². The molecule has 150 valence electrons. The average Bonchev–Trinajstić information content (AvgIpc) is 3.25. The first-order valence-corrected chi connectivity index (χ1v) is 9.64. The highest BCUT2D eigenvalue weighted by Crippen LogP contribution is 2.34. The smallest absolute Gasteiger partial charge is 0.134 e. The third-order valence-electron chi connectivity index (χ3n) is 5.32. The van der Waals surface area contributed by atoms with Crippen LogP contribution >= 0.6 is 24.8 Å². The molecule has 0 radical (unpaired) electrons. The minimum atomic E-state index is 0. The normalized spacial score (nSPS) is 18.0. The van der Waals surface area contributed by atoms with Crippen molar-refractivity contribution in [1.29, 1.82) is 0 Å². The van der Waals surface area contributed by atoms with E-state index in [1.807, 2.05) is 23.1 Å². The summed E-state index contributed by atoms with van der Waals surface area (Å²) < 4.78 is 1.97. The molecule has 2 aromatic heterocycles. The lowest BCUT2D eigenvalue weighted by Crippen LogP contribution is -2.25. The lowest BCUT2D eigenvalue weighted by molar-refractivity contribution is 0.558. The number of fused-ring (bicyclic) bond motifs is 1. The van der Waals surface area contributed by atoms with Crippen molar-refractivity contribution in [2.24, 2.45) is 0 Å². The van der Waals surface area contributed by atoms with Crippen LogP contribution in [0.15, 0.2) is 18.5 Å². The number of hydrogen-bond acceptors (Lipinski definition) is 5. The van der Waals surface area contributed by atoms with Gasteiger partial charge >= 0.3 is 0 Å². The Morgan fingerprint density at radius 2 is 1.96 bits per heavy atom. The number of rotatable bonds is 5. The van der Waals surface area contributed by atoms with E-state index in [-0.39, 0.29) is 30.9 Å². The zero-order valence-corrected chi connectivity index (χ0v) is 17.5. The van der Waals surface area contributed by atoms with E-state index in [9.17, 15) is 0 Å². The Balaban J connectivity index is 0.00000131. The van der Waals surface area contributed by atoms with Crippen LogP contribution in [0.25, 0.3) is 0 Å². The monoisotopic (exact) mass is 412 g/mol. The SMILES string of the molecule is CC(Cn1cccn1)Nc1nc(C2CCCC2)nc2c1CCNCC2.Cl.Cl. The van der Waals surface area contributed by atoms with Crippen molar-refractivity contribution < 1.29 is 0 Å². The van der Waals surface area contributed by atoms with Crippen LogP contribution in [0.1, 0.15) is 55.6 Å². The fourth-order valence-electron chi connectivity index (χ4n) is 4.02. The van der Waals surface area contributed by atoms with Gasteiger partial charge in [-0.05, 0) is 38.8 Å². The van der Waals surface area contributed by atoms with Crippen LogP contribution in [0.4, 0.5) is 5.82 Å². The zero-order valence-electron chi connectivity index (χ0n) is 15.9. The number of hydrogen-bond donors (Lipinski definition) is 2. The standard InChI is InChI=1S/C19H28N6.2ClH/c1-14(13-25-12-4-9-21-25)22-19-16-7-10-20-11-8-17(16)23-18(24-19)15-5-2-3-6-15;;/h4,9,12,14-15,20H,2-3,5-8,10-11,13H2,1H3,(H,22,23,24);2*1H. The number of anilines is 1. The minimum absolute atomic E-state index is 0. The first-order valence-electron chi connectivity index (χ1n) is 9.64. The molecule has 0 aromatic carbocycles. The molecule has 2 N–H and O–H groups in total. The van der Waals surface area contributed by atoms with E-state index >= 15 is 0 Å². The second kappa shape index (κ2) is 10.2. The van der Waals surface area contributed by atoms with Crippen molar-refractivity contribution in [2.75, 3.05) is 18.4 Å². The predicted octanol–water partition coefficient (Wildman–Crippen LogP) is 3.36. The molecular formula is C19H30Cl2N6. The minimum Gasteiger partial charge on any atom is -0.365 e. The molecule has 2 aromatic rings. The Morgan fingerprint density at radius 3 is 2.70 bits per heavy atom. The molecule has 3 heterocycles. The van der Waals surface area contributed by atoms with Gasteiger partial charge in [-0.2, -0.15) is 5.10 Å². The molecule has 1 fully saturated rings. The lowest BCUT2D eigenvalue weighted by Gasteiger charge is -2.20. The molecule has 27 heavy (non-hydrogen) atoms. The summed E-state index contributed by atoms with van der Waals surface area (Å²) in [6.07, 6.45) is 10.9. The van der Waals surface area contributed by atoms with Gasteiger partial charge in [0, 0.05) is 42.9 Å². The number of aromatic nitrogens is 4. The van der Waals surface area contributed by atoms with E-state index in [2.05, 4.69) is 22.7 Å². The Labute approximate surface area is 173 Å². The third kappa shape index (κ3) is 5.33. The fraction of sp³-hybridized carbons (Fsp3) is 0.632. The fourth-order valence-corrected chi connectivity index (χ4v) is 4.02. The van der Waals surface area contributed by atoms with Crippen molar-refractivity contribution >= 4 is 30.6 Å². The summed E-state index contributed by atoms with van der Waals surface area (Å²) in [7, 11) is 0. The van der Waals surface area contributed by atoms with E-state index in [1.165, 1.54) is 36.9 Å². The van der Waals surface area contributed by atoms with Crippen LogP contribution < -0.4 is 10.6 Å². The van der Waals surface area contributed by atoms with Crippen molar-refractivity contribution in [3.63, 3.8) is 0 Å². The zero-order chi connectivity index (χ0) is 17.1. The first-order chi connectivity index (χ1) is 12.3. The highest BCUT2D eigenvalue weighted by Gasteiger charge is 2.24. The average molecular weight is 413 g/mol. The molecule has 4 rings (SSSR count). The summed E-state index contributed by atoms with van der Waals surface area (Å²) in [5.74, 6) is 2.66. The van der Waals surface area contributed by atoms with Gasteiger partial charge in [0.05, 0.1) is 12.2 Å². The summed E-state index contributed by atoms with van der Waals surface area (Å²) in [4.78, 5) is 9.99. The van der Waals surface area contributed by atoms with Gasteiger partial charge in [0.15, 0.2) is 0 Å². The van der Waals surface area contributed by atoms with Gasteiger partial charge in [-0.1, -0.05) is 12.8 Å². The van der Waals surface area contributed by atoms with Crippen molar-refractivity contribution in [3.8, 4) is 0 Å². The molecule has 0 spiro atoms. The van der Waals surface area contributed by atoms with E-state index in [4.69, 9.17) is 9.97 Å². The van der Waals surface area contributed by atoms with Gasteiger partial charge in [-0.15, -0.1) is 24.8 Å². The van der Waals surface area contributed by atoms with Gasteiger partial charge in [0.2, 0.25) is 0 Å². The number of nitrogens with one attached hydrogen (secondary N) is 2. The van der Waals surface area contributed by atoms with Crippen LogP contribution in [-0.4, -0.2) is 38.9 Å². The molecule has 2 aliphatic rings. The van der Waals surface area contributed by atoms with Crippen LogP contribution in [0.2, 0.25) is 0 Å². The molecule has 1 unspecified atom stereocenters. The highest BCUT2D eigenvalue weighted by molar-refractivity contribution is 5.85. The molecular weight excluding hydrogens is 383 g/mol. The third-order valence-corrected chi connectivity index (χ3v) is 5.32. The Bertz CT molecular complexity index is 700. The number of nitrogens with zero attached hydrogens (tertiary/aromatic N) is 4. The molecule has 0 amide bonds. The Morgan fingerprint density at radius 1 is 1.19 bits per heavy atom. The highest BCUT2D eigenvalue weighted by atomic mass is 35.5. The Kier molecular flexibility index (Phi) is 8.32. The Hall–Kier alpha value is -1.37. The second-order valence-corrected chi connectivity index (χ2v) is 7.36. The summed E-state index contributed by atoms with van der Waals surface area (Å²) in [5, 5.41) is 11.5. The van der Waals surface area contributed by atoms with Gasteiger partial charge in [-0.25, -0.2) is 9.97 Å². The van der Waals surface area contributed by atoms with Gasteiger partial charge < -0.3 is 10.6 Å². The van der Waals surface area contributed by atoms with Crippen molar-refractivity contribution in [3.05, 3.63) is 35.5 Å². The largest absolute Gasteiger partial charge is 0.365 e. The maximum atomic E-state index is 5.00. The summed E-state index contributed by atoms with van der Waals surface area (Å²) in [6, 6.07) is 2.24. The summed E-state index contributed by atoms with van der Waals surface area (Å²) >= 11 is 0. The summed E-state index contributed by atoms with van der Waals surface area (Å²) in [6.45, 7) is 5.04. The van der Waals surface area contributed by atoms with E-state index in [0.29, 0.717) is 5.92 Å².